The minimum absolute atomic E-state index is 0.0130. The Morgan fingerprint density at radius 3 is 2.26 bits per heavy atom. The van der Waals surface area contributed by atoms with Crippen LogP contribution in [-0.4, -0.2) is 34.3 Å². The van der Waals surface area contributed by atoms with Crippen LogP contribution in [-0.2, 0) is 4.79 Å². The third-order valence-corrected chi connectivity index (χ3v) is 6.28. The first-order valence-electron chi connectivity index (χ1n) is 9.97. The standard InChI is InChI=1S/C24H28N2O/c1-4-16-25-22-20(5-2)21(19-14-10-7-11-15-19)26(24(27)23(22)25)17(3)18-12-8-6-9-13-18/h4,6-15,17,20-23H,1,5,16H2,2-3H3/t17-,20+,21+,22-,23-,25?/m0/s1. The number of carbonyl (C=O) groups is 1. The number of piperidine rings is 1. The monoisotopic (exact) mass is 360 g/mol. The van der Waals surface area contributed by atoms with E-state index in [4.69, 9.17) is 0 Å². The van der Waals surface area contributed by atoms with Crippen LogP contribution in [0, 0.1) is 5.92 Å². The van der Waals surface area contributed by atoms with Crippen molar-refractivity contribution in [2.75, 3.05) is 6.54 Å². The van der Waals surface area contributed by atoms with Crippen molar-refractivity contribution < 1.29 is 4.79 Å². The molecule has 0 N–H and O–H groups in total. The molecule has 4 rings (SSSR count). The fraction of sp³-hybridized carbons (Fsp3) is 0.375. The van der Waals surface area contributed by atoms with E-state index in [0.29, 0.717) is 12.0 Å². The van der Waals surface area contributed by atoms with E-state index in [2.05, 4.69) is 78.8 Å². The molecule has 2 saturated heterocycles. The fourth-order valence-corrected chi connectivity index (χ4v) is 4.98. The Labute approximate surface area is 162 Å². The molecule has 2 aromatic rings. The van der Waals surface area contributed by atoms with E-state index in [-0.39, 0.29) is 24.0 Å². The van der Waals surface area contributed by atoms with Crippen molar-refractivity contribution in [3.8, 4) is 0 Å². The largest absolute Gasteiger partial charge is 0.327 e. The average molecular weight is 361 g/mol. The Kier molecular flexibility index (Phi) is 4.88. The van der Waals surface area contributed by atoms with Crippen molar-refractivity contribution in [2.24, 2.45) is 5.92 Å². The van der Waals surface area contributed by atoms with E-state index in [1.165, 1.54) is 11.1 Å². The van der Waals surface area contributed by atoms with Gasteiger partial charge in [0.25, 0.3) is 0 Å². The first kappa shape index (κ1) is 18.0. The minimum atomic E-state index is 0.0130. The molecule has 3 nitrogen and oxygen atoms in total. The lowest BCUT2D eigenvalue weighted by Gasteiger charge is -2.43. The number of amides is 1. The summed E-state index contributed by atoms with van der Waals surface area (Å²) >= 11 is 0. The third kappa shape index (κ3) is 3.00. The van der Waals surface area contributed by atoms with E-state index in [1.807, 2.05) is 18.2 Å². The molecule has 0 aliphatic carbocycles. The predicted molar refractivity (Wildman–Crippen MR) is 109 cm³/mol. The minimum Gasteiger partial charge on any atom is -0.327 e. The molecular formula is C24H28N2O. The lowest BCUT2D eigenvalue weighted by molar-refractivity contribution is -0.140. The SMILES string of the molecule is C=CCN1[C@H]2[C@H](CC)[C@@H](c3ccccc3)N([C@@H](C)c3ccccc3)C(=O)[C@H]21. The average Bonchev–Trinajstić information content (AvgIpc) is 3.43. The van der Waals surface area contributed by atoms with E-state index >= 15 is 0 Å². The first-order valence-corrected chi connectivity index (χ1v) is 9.97. The maximum Gasteiger partial charge on any atom is 0.242 e. The summed E-state index contributed by atoms with van der Waals surface area (Å²) in [4.78, 5) is 18.0. The summed E-state index contributed by atoms with van der Waals surface area (Å²) in [7, 11) is 0. The summed E-state index contributed by atoms with van der Waals surface area (Å²) in [6.45, 7) is 9.09. The maximum atomic E-state index is 13.6. The van der Waals surface area contributed by atoms with E-state index in [1.54, 1.807) is 0 Å². The van der Waals surface area contributed by atoms with E-state index in [9.17, 15) is 4.79 Å². The van der Waals surface area contributed by atoms with Crippen LogP contribution in [0.2, 0.25) is 0 Å². The zero-order valence-electron chi connectivity index (χ0n) is 16.2. The van der Waals surface area contributed by atoms with Gasteiger partial charge in [0.05, 0.1) is 12.1 Å². The van der Waals surface area contributed by atoms with Crippen LogP contribution in [0.3, 0.4) is 0 Å². The van der Waals surface area contributed by atoms with Gasteiger partial charge < -0.3 is 4.90 Å². The molecular weight excluding hydrogens is 332 g/mol. The molecule has 0 bridgehead atoms. The highest BCUT2D eigenvalue weighted by Gasteiger charge is 2.63. The van der Waals surface area contributed by atoms with Crippen molar-refractivity contribution in [1.29, 1.82) is 0 Å². The molecule has 0 spiro atoms. The Bertz CT molecular complexity index is 804. The van der Waals surface area contributed by atoms with Gasteiger partial charge in [-0.15, -0.1) is 6.58 Å². The van der Waals surface area contributed by atoms with Gasteiger partial charge in [-0.1, -0.05) is 73.7 Å². The van der Waals surface area contributed by atoms with Gasteiger partial charge in [-0.2, -0.15) is 0 Å². The van der Waals surface area contributed by atoms with Gasteiger partial charge in [-0.25, -0.2) is 0 Å². The summed E-state index contributed by atoms with van der Waals surface area (Å²) in [5.74, 6) is 0.693. The highest BCUT2D eigenvalue weighted by Crippen LogP contribution is 2.52. The molecule has 0 radical (unpaired) electrons. The van der Waals surface area contributed by atoms with Crippen molar-refractivity contribution in [3.63, 3.8) is 0 Å². The number of likely N-dealkylation sites (tertiary alicyclic amines) is 1. The number of nitrogens with zero attached hydrogens (tertiary/aromatic N) is 2. The van der Waals surface area contributed by atoms with Gasteiger partial charge >= 0.3 is 0 Å². The lowest BCUT2D eigenvalue weighted by atomic mass is 9.81. The molecule has 1 unspecified atom stereocenters. The second-order valence-electron chi connectivity index (χ2n) is 7.68. The lowest BCUT2D eigenvalue weighted by Crippen LogP contribution is -2.48. The Hall–Kier alpha value is -2.39. The fourth-order valence-electron chi connectivity index (χ4n) is 4.98. The van der Waals surface area contributed by atoms with Crippen LogP contribution in [0.5, 0.6) is 0 Å². The molecule has 6 atom stereocenters. The first-order chi connectivity index (χ1) is 13.2. The molecule has 2 aromatic carbocycles. The van der Waals surface area contributed by atoms with Crippen LogP contribution in [0.25, 0.3) is 0 Å². The van der Waals surface area contributed by atoms with Crippen LogP contribution in [0.4, 0.5) is 0 Å². The second kappa shape index (κ2) is 7.32. The van der Waals surface area contributed by atoms with Crippen molar-refractivity contribution in [3.05, 3.63) is 84.4 Å². The molecule has 2 aliphatic heterocycles. The molecule has 27 heavy (non-hydrogen) atoms. The number of hydrogen-bond acceptors (Lipinski definition) is 2. The number of fused-ring (bicyclic) bond motifs is 1. The van der Waals surface area contributed by atoms with Gasteiger partial charge in [-0.05, 0) is 24.5 Å². The summed E-state index contributed by atoms with van der Waals surface area (Å²) in [5, 5.41) is 0. The Morgan fingerprint density at radius 1 is 1.04 bits per heavy atom. The maximum absolute atomic E-state index is 13.6. The van der Waals surface area contributed by atoms with Crippen molar-refractivity contribution in [2.45, 2.75) is 44.4 Å². The van der Waals surface area contributed by atoms with Gasteiger partial charge in [-0.3, -0.25) is 9.69 Å². The third-order valence-electron chi connectivity index (χ3n) is 6.28. The predicted octanol–water partition coefficient (Wildman–Crippen LogP) is 4.60. The number of benzene rings is 2. The molecule has 3 heteroatoms. The number of carbonyl (C=O) groups excluding carboxylic acids is 1. The molecule has 2 fully saturated rings. The zero-order valence-corrected chi connectivity index (χ0v) is 16.2. The van der Waals surface area contributed by atoms with E-state index < -0.39 is 0 Å². The van der Waals surface area contributed by atoms with Crippen LogP contribution < -0.4 is 0 Å². The molecule has 2 heterocycles. The summed E-state index contributed by atoms with van der Waals surface area (Å²) in [6, 6.07) is 21.4. The highest BCUT2D eigenvalue weighted by molar-refractivity contribution is 5.88. The molecule has 140 valence electrons. The van der Waals surface area contributed by atoms with Gasteiger partial charge in [0, 0.05) is 18.5 Å². The quantitative estimate of drug-likeness (QED) is 0.555. The molecule has 0 aromatic heterocycles. The summed E-state index contributed by atoms with van der Waals surface area (Å²) < 4.78 is 0. The van der Waals surface area contributed by atoms with Crippen LogP contribution in [0.1, 0.15) is 43.5 Å². The Morgan fingerprint density at radius 2 is 1.67 bits per heavy atom. The Balaban J connectivity index is 1.77. The van der Waals surface area contributed by atoms with Crippen LogP contribution >= 0.6 is 0 Å². The van der Waals surface area contributed by atoms with Gasteiger partial charge in [0.1, 0.15) is 6.04 Å². The normalized spacial score (nSPS) is 30.5. The summed E-state index contributed by atoms with van der Waals surface area (Å²) in [5.41, 5.74) is 2.43. The highest BCUT2D eigenvalue weighted by atomic mass is 16.2. The smallest absolute Gasteiger partial charge is 0.242 e. The molecule has 1 amide bonds. The van der Waals surface area contributed by atoms with Crippen LogP contribution in [0.15, 0.2) is 73.3 Å². The number of hydrogen-bond donors (Lipinski definition) is 0. The van der Waals surface area contributed by atoms with E-state index in [0.717, 1.165) is 13.0 Å². The number of rotatable bonds is 6. The molecule has 0 saturated carbocycles. The topological polar surface area (TPSA) is 23.3 Å². The summed E-state index contributed by atoms with van der Waals surface area (Å²) in [6.07, 6.45) is 2.97. The second-order valence-corrected chi connectivity index (χ2v) is 7.68. The van der Waals surface area contributed by atoms with Crippen molar-refractivity contribution >= 4 is 5.91 Å². The zero-order chi connectivity index (χ0) is 19.0. The van der Waals surface area contributed by atoms with Gasteiger partial charge in [0.2, 0.25) is 5.91 Å². The molecule has 2 aliphatic rings. The van der Waals surface area contributed by atoms with Crippen molar-refractivity contribution in [1.82, 2.24) is 9.80 Å². The van der Waals surface area contributed by atoms with Gasteiger partial charge in [0.15, 0.2) is 0 Å².